The Balaban J connectivity index is 2.08. The normalized spacial score (nSPS) is 10.4. The zero-order valence-corrected chi connectivity index (χ0v) is 8.88. The second kappa shape index (κ2) is 4.71. The van der Waals surface area contributed by atoms with E-state index in [9.17, 15) is 0 Å². The summed E-state index contributed by atoms with van der Waals surface area (Å²) in [5, 5.41) is 3.80. The molecule has 0 amide bonds. The van der Waals surface area contributed by atoms with Crippen LogP contribution in [0.5, 0.6) is 5.88 Å². The van der Waals surface area contributed by atoms with Gasteiger partial charge in [-0.3, -0.25) is 0 Å². The van der Waals surface area contributed by atoms with Crippen LogP contribution in [0, 0.1) is 0 Å². The summed E-state index contributed by atoms with van der Waals surface area (Å²) >= 11 is 0. The molecule has 0 saturated carbocycles. The molecular weight excluding hydrogens is 208 g/mol. The number of hydrogen-bond acceptors (Lipinski definition) is 6. The first kappa shape index (κ1) is 10.6. The first-order valence-electron chi connectivity index (χ1n) is 4.82. The Morgan fingerprint density at radius 1 is 1.44 bits per heavy atom. The second-order valence-corrected chi connectivity index (χ2v) is 3.19. The summed E-state index contributed by atoms with van der Waals surface area (Å²) < 4.78 is 9.86. The molecule has 0 atom stereocenters. The van der Waals surface area contributed by atoms with E-state index in [1.807, 2.05) is 6.07 Å². The maximum Gasteiger partial charge on any atom is 0.240 e. The Kier molecular flexibility index (Phi) is 3.11. The van der Waals surface area contributed by atoms with Crippen LogP contribution >= 0.6 is 0 Å². The number of methoxy groups -OCH3 is 1. The molecule has 2 heterocycles. The molecule has 0 radical (unpaired) electrons. The zero-order valence-electron chi connectivity index (χ0n) is 8.88. The third-order valence-corrected chi connectivity index (χ3v) is 2.05. The number of nitrogens with two attached hydrogens (primary N) is 1. The van der Waals surface area contributed by atoms with Crippen molar-refractivity contribution < 1.29 is 9.26 Å². The minimum Gasteiger partial charge on any atom is -0.481 e. The minimum absolute atomic E-state index is 0.258. The molecular formula is C10H12N4O2. The van der Waals surface area contributed by atoms with Gasteiger partial charge >= 0.3 is 0 Å². The number of hydrogen-bond donors (Lipinski definition) is 1. The summed E-state index contributed by atoms with van der Waals surface area (Å²) in [7, 11) is 1.58. The van der Waals surface area contributed by atoms with E-state index in [4.69, 9.17) is 15.0 Å². The molecule has 2 rings (SSSR count). The first-order chi connectivity index (χ1) is 7.81. The highest BCUT2D eigenvalue weighted by Gasteiger charge is 2.05. The number of nitrogens with zero attached hydrogens (tertiary/aromatic N) is 3. The average molecular weight is 220 g/mol. The van der Waals surface area contributed by atoms with Gasteiger partial charge in [-0.2, -0.15) is 4.98 Å². The van der Waals surface area contributed by atoms with Crippen LogP contribution in [0.2, 0.25) is 0 Å². The lowest BCUT2D eigenvalue weighted by atomic mass is 10.2. The van der Waals surface area contributed by atoms with Gasteiger partial charge in [0.05, 0.1) is 13.7 Å². The maximum absolute atomic E-state index is 5.37. The van der Waals surface area contributed by atoms with Gasteiger partial charge in [0.1, 0.15) is 0 Å². The quantitative estimate of drug-likeness (QED) is 0.808. The zero-order chi connectivity index (χ0) is 11.4. The number of aromatic nitrogens is 3. The molecule has 0 aliphatic carbocycles. The highest BCUT2D eigenvalue weighted by molar-refractivity contribution is 5.20. The van der Waals surface area contributed by atoms with Gasteiger partial charge in [0.25, 0.3) is 0 Å². The molecule has 0 unspecified atom stereocenters. The highest BCUT2D eigenvalue weighted by atomic mass is 16.5. The monoisotopic (exact) mass is 220 g/mol. The molecule has 2 aromatic rings. The van der Waals surface area contributed by atoms with E-state index in [1.165, 1.54) is 0 Å². The van der Waals surface area contributed by atoms with E-state index in [0.717, 1.165) is 5.56 Å². The van der Waals surface area contributed by atoms with Crippen LogP contribution in [-0.2, 0) is 13.0 Å². The van der Waals surface area contributed by atoms with Crippen molar-refractivity contribution in [3.05, 3.63) is 35.6 Å². The molecule has 0 saturated heterocycles. The summed E-state index contributed by atoms with van der Waals surface area (Å²) in [6.45, 7) is 0.258. The molecule has 6 nitrogen and oxygen atoms in total. The maximum atomic E-state index is 5.37. The lowest BCUT2D eigenvalue weighted by Gasteiger charge is -1.99. The van der Waals surface area contributed by atoms with Crippen molar-refractivity contribution in [3.63, 3.8) is 0 Å². The van der Waals surface area contributed by atoms with Crippen LogP contribution < -0.4 is 10.5 Å². The summed E-state index contributed by atoms with van der Waals surface area (Å²) in [6, 6.07) is 3.70. The van der Waals surface area contributed by atoms with Crippen LogP contribution in [0.1, 0.15) is 17.3 Å². The summed E-state index contributed by atoms with van der Waals surface area (Å²) in [4.78, 5) is 8.19. The van der Waals surface area contributed by atoms with Crippen LogP contribution in [0.3, 0.4) is 0 Å². The third kappa shape index (κ3) is 2.34. The van der Waals surface area contributed by atoms with E-state index >= 15 is 0 Å². The topological polar surface area (TPSA) is 87.1 Å². The van der Waals surface area contributed by atoms with Crippen molar-refractivity contribution in [2.75, 3.05) is 7.11 Å². The van der Waals surface area contributed by atoms with Gasteiger partial charge < -0.3 is 15.0 Å². The van der Waals surface area contributed by atoms with Gasteiger partial charge in [-0.1, -0.05) is 11.2 Å². The fourth-order valence-electron chi connectivity index (χ4n) is 1.26. The summed E-state index contributed by atoms with van der Waals surface area (Å²) in [5.41, 5.74) is 6.36. The Hall–Kier alpha value is -1.95. The third-order valence-electron chi connectivity index (χ3n) is 2.05. The molecule has 0 fully saturated rings. The van der Waals surface area contributed by atoms with Crippen molar-refractivity contribution >= 4 is 0 Å². The summed E-state index contributed by atoms with van der Waals surface area (Å²) in [6.07, 6.45) is 2.29. The standard InChI is InChI=1S/C10H12N4O2/c1-15-9-3-2-7(6-12-9)4-8-13-10(5-11)16-14-8/h2-3,6H,4-5,11H2,1H3. The van der Waals surface area contributed by atoms with Crippen LogP contribution in [0.25, 0.3) is 0 Å². The molecule has 0 aliphatic rings. The van der Waals surface area contributed by atoms with E-state index in [-0.39, 0.29) is 6.54 Å². The molecule has 0 aliphatic heterocycles. The van der Waals surface area contributed by atoms with Gasteiger partial charge in [0.15, 0.2) is 5.82 Å². The molecule has 16 heavy (non-hydrogen) atoms. The van der Waals surface area contributed by atoms with Crippen LogP contribution in [-0.4, -0.2) is 22.2 Å². The Bertz CT molecular complexity index is 452. The van der Waals surface area contributed by atoms with E-state index in [1.54, 1.807) is 19.4 Å². The lowest BCUT2D eigenvalue weighted by molar-refractivity contribution is 0.375. The second-order valence-electron chi connectivity index (χ2n) is 3.19. The predicted octanol–water partition coefficient (Wildman–Crippen LogP) is 0.523. The molecule has 84 valence electrons. The molecule has 2 N–H and O–H groups in total. The minimum atomic E-state index is 0.258. The number of ether oxygens (including phenoxy) is 1. The molecule has 0 bridgehead atoms. The van der Waals surface area contributed by atoms with Crippen molar-refractivity contribution in [3.8, 4) is 5.88 Å². The van der Waals surface area contributed by atoms with Crippen molar-refractivity contribution in [1.82, 2.24) is 15.1 Å². The van der Waals surface area contributed by atoms with Crippen LogP contribution in [0.15, 0.2) is 22.9 Å². The Morgan fingerprint density at radius 3 is 2.88 bits per heavy atom. The van der Waals surface area contributed by atoms with Crippen molar-refractivity contribution in [2.45, 2.75) is 13.0 Å². The summed E-state index contributed by atoms with van der Waals surface area (Å²) in [5.74, 6) is 1.63. The van der Waals surface area contributed by atoms with E-state index in [0.29, 0.717) is 24.0 Å². The lowest BCUT2D eigenvalue weighted by Crippen LogP contribution is -1.97. The fourth-order valence-corrected chi connectivity index (χ4v) is 1.26. The Morgan fingerprint density at radius 2 is 2.31 bits per heavy atom. The average Bonchev–Trinajstić information content (AvgIpc) is 2.78. The Labute approximate surface area is 92.4 Å². The van der Waals surface area contributed by atoms with Gasteiger partial charge in [-0.25, -0.2) is 4.98 Å². The van der Waals surface area contributed by atoms with Crippen molar-refractivity contribution in [1.29, 1.82) is 0 Å². The molecule has 6 heteroatoms. The van der Waals surface area contributed by atoms with Gasteiger partial charge in [0, 0.05) is 18.7 Å². The first-order valence-corrected chi connectivity index (χ1v) is 4.82. The highest BCUT2D eigenvalue weighted by Crippen LogP contribution is 2.10. The number of pyridine rings is 1. The van der Waals surface area contributed by atoms with Crippen LogP contribution in [0.4, 0.5) is 0 Å². The number of rotatable bonds is 4. The SMILES string of the molecule is COc1ccc(Cc2noc(CN)n2)cn1. The fraction of sp³-hybridized carbons (Fsp3) is 0.300. The van der Waals surface area contributed by atoms with Gasteiger partial charge in [-0.05, 0) is 5.56 Å². The predicted molar refractivity (Wildman–Crippen MR) is 55.8 cm³/mol. The largest absolute Gasteiger partial charge is 0.481 e. The van der Waals surface area contributed by atoms with Gasteiger partial charge in [-0.15, -0.1) is 0 Å². The molecule has 0 spiro atoms. The molecule has 0 aromatic carbocycles. The van der Waals surface area contributed by atoms with E-state index < -0.39 is 0 Å². The van der Waals surface area contributed by atoms with Gasteiger partial charge in [0.2, 0.25) is 11.8 Å². The van der Waals surface area contributed by atoms with Crippen molar-refractivity contribution in [2.24, 2.45) is 5.73 Å². The molecule has 2 aromatic heterocycles. The van der Waals surface area contributed by atoms with E-state index in [2.05, 4.69) is 15.1 Å². The smallest absolute Gasteiger partial charge is 0.240 e.